The minimum absolute atomic E-state index is 0.285. The first-order valence-corrected chi connectivity index (χ1v) is 9.39. The molecule has 0 saturated heterocycles. The lowest BCUT2D eigenvalue weighted by atomic mass is 9.60. The van der Waals surface area contributed by atoms with Gasteiger partial charge in [-0.25, -0.2) is 19.2 Å². The van der Waals surface area contributed by atoms with Crippen molar-refractivity contribution in [2.75, 3.05) is 52.9 Å². The van der Waals surface area contributed by atoms with Gasteiger partial charge in [0.1, 0.15) is 26.4 Å². The molecule has 13 nitrogen and oxygen atoms in total. The molecule has 13 heteroatoms. The Kier molecular flexibility index (Phi) is 10.8. The van der Waals surface area contributed by atoms with E-state index < -0.39 is 67.2 Å². The van der Waals surface area contributed by atoms with Crippen LogP contribution in [0.25, 0.3) is 0 Å². The molecule has 0 aromatic heterocycles. The fraction of sp³-hybridized carbons (Fsp3) is 0.778. The van der Waals surface area contributed by atoms with Gasteiger partial charge < -0.3 is 44.5 Å². The summed E-state index contributed by atoms with van der Waals surface area (Å²) in [7, 11) is 0. The van der Waals surface area contributed by atoms with E-state index >= 15 is 0 Å². The smallest absolute Gasteiger partial charge is 0.329 e. The topological polar surface area (TPSA) is 206 Å². The fourth-order valence-corrected chi connectivity index (χ4v) is 3.77. The molecule has 1 aliphatic carbocycles. The predicted octanol–water partition coefficient (Wildman–Crippen LogP) is -1.09. The van der Waals surface area contributed by atoms with Crippen LogP contribution < -0.4 is 0 Å². The Hall–Kier alpha value is -2.32. The second kappa shape index (κ2) is 12.5. The van der Waals surface area contributed by atoms with Crippen LogP contribution in [0.4, 0.5) is 0 Å². The summed E-state index contributed by atoms with van der Waals surface area (Å²) in [6, 6.07) is 0. The van der Waals surface area contributed by atoms with Crippen molar-refractivity contribution in [1.29, 1.82) is 0 Å². The molecule has 1 saturated carbocycles. The number of hydrogen-bond acceptors (Lipinski definition) is 9. The fourth-order valence-electron chi connectivity index (χ4n) is 3.77. The van der Waals surface area contributed by atoms with Crippen LogP contribution in [0.3, 0.4) is 0 Å². The van der Waals surface area contributed by atoms with Gasteiger partial charge in [0.15, 0.2) is 0 Å². The van der Waals surface area contributed by atoms with Gasteiger partial charge in [-0.1, -0.05) is 6.42 Å². The van der Waals surface area contributed by atoms with Crippen LogP contribution in [0, 0.1) is 10.8 Å². The molecule has 0 amide bonds. The van der Waals surface area contributed by atoms with Crippen LogP contribution in [0.1, 0.15) is 19.3 Å². The van der Waals surface area contributed by atoms with E-state index in [-0.39, 0.29) is 39.3 Å². The van der Waals surface area contributed by atoms with E-state index in [1.165, 1.54) is 0 Å². The van der Waals surface area contributed by atoms with Crippen LogP contribution in [-0.2, 0) is 38.1 Å². The average Bonchev–Trinajstić information content (AvgIpc) is 2.64. The maximum absolute atomic E-state index is 11.3. The van der Waals surface area contributed by atoms with E-state index in [0.717, 1.165) is 0 Å². The van der Waals surface area contributed by atoms with Crippen molar-refractivity contribution in [3.63, 3.8) is 0 Å². The van der Waals surface area contributed by atoms with Gasteiger partial charge in [-0.05, 0) is 12.8 Å². The molecule has 0 heterocycles. The first-order chi connectivity index (χ1) is 14.5. The summed E-state index contributed by atoms with van der Waals surface area (Å²) in [5.41, 5.74) is -2.50. The third-order valence-electron chi connectivity index (χ3n) is 4.97. The maximum atomic E-state index is 11.3. The minimum Gasteiger partial charge on any atom is -0.480 e. The van der Waals surface area contributed by atoms with Crippen molar-refractivity contribution in [2.24, 2.45) is 10.8 Å². The van der Waals surface area contributed by atoms with Crippen molar-refractivity contribution < 1.29 is 63.7 Å². The molecule has 0 radical (unpaired) electrons. The van der Waals surface area contributed by atoms with Gasteiger partial charge in [-0.15, -0.1) is 0 Å². The Bertz CT molecular complexity index is 540. The molecule has 31 heavy (non-hydrogen) atoms. The SMILES string of the molecule is O=C(O)COCC1(COCC(=O)O)CCCC(COCC(=O)O)(COCC(=O)O)C1O. The highest BCUT2D eigenvalue weighted by Gasteiger charge is 2.54. The quantitative estimate of drug-likeness (QED) is 0.189. The van der Waals surface area contributed by atoms with Gasteiger partial charge in [0.2, 0.25) is 0 Å². The number of aliphatic carboxylic acids is 4. The second-order valence-electron chi connectivity index (χ2n) is 7.53. The largest absolute Gasteiger partial charge is 0.480 e. The van der Waals surface area contributed by atoms with Gasteiger partial charge in [0, 0.05) is 10.8 Å². The minimum atomic E-state index is -1.36. The number of carboxylic acids is 4. The lowest BCUT2D eigenvalue weighted by Gasteiger charge is -2.51. The highest BCUT2D eigenvalue weighted by atomic mass is 16.5. The lowest BCUT2D eigenvalue weighted by molar-refractivity contribution is -0.202. The third-order valence-corrected chi connectivity index (χ3v) is 4.97. The summed E-state index contributed by atoms with van der Waals surface area (Å²) >= 11 is 0. The van der Waals surface area contributed by atoms with Crippen molar-refractivity contribution in [3.05, 3.63) is 0 Å². The molecule has 0 atom stereocenters. The number of carbonyl (C=O) groups is 4. The van der Waals surface area contributed by atoms with Crippen LogP contribution >= 0.6 is 0 Å². The number of hydrogen-bond donors (Lipinski definition) is 5. The van der Waals surface area contributed by atoms with E-state index in [4.69, 9.17) is 39.4 Å². The Labute approximate surface area is 177 Å². The molecule has 178 valence electrons. The first-order valence-electron chi connectivity index (χ1n) is 9.39. The summed E-state index contributed by atoms with van der Waals surface area (Å²) in [4.78, 5) is 43.3. The molecule has 1 rings (SSSR count). The summed E-state index contributed by atoms with van der Waals surface area (Å²) in [5.74, 6) is -4.97. The molecule has 1 aliphatic rings. The molecule has 0 unspecified atom stereocenters. The summed E-state index contributed by atoms with van der Waals surface area (Å²) in [6.07, 6.45) is -0.365. The number of ether oxygens (including phenoxy) is 4. The monoisotopic (exact) mass is 452 g/mol. The third kappa shape index (κ3) is 8.75. The molecule has 0 spiro atoms. The molecule has 0 bridgehead atoms. The summed E-state index contributed by atoms with van der Waals surface area (Å²) in [5, 5.41) is 46.6. The number of rotatable bonds is 16. The number of aliphatic hydroxyl groups excluding tert-OH is 1. The zero-order valence-electron chi connectivity index (χ0n) is 16.9. The van der Waals surface area contributed by atoms with Crippen LogP contribution in [0.2, 0.25) is 0 Å². The zero-order chi connectivity index (χ0) is 23.5. The standard InChI is InChI=1S/C18H28O13/c19-12(20)4-28-8-17(9-29-5-13(21)22)2-1-3-18(16(17)27,10-30-6-14(23)24)11-31-7-15(25)26/h16,27H,1-11H2,(H,19,20)(H,21,22)(H,23,24)(H,25,26). The van der Waals surface area contributed by atoms with Gasteiger partial charge in [0.05, 0.1) is 32.5 Å². The molecule has 1 fully saturated rings. The Balaban J connectivity index is 3.11. The highest BCUT2D eigenvalue weighted by molar-refractivity contribution is 5.68. The predicted molar refractivity (Wildman–Crippen MR) is 98.5 cm³/mol. The van der Waals surface area contributed by atoms with E-state index in [1.54, 1.807) is 0 Å². The Morgan fingerprint density at radius 2 is 0.871 bits per heavy atom. The summed E-state index contributed by atoms with van der Waals surface area (Å²) in [6.45, 7) is -3.81. The van der Waals surface area contributed by atoms with Gasteiger partial charge in [-0.2, -0.15) is 0 Å². The van der Waals surface area contributed by atoms with Gasteiger partial charge >= 0.3 is 23.9 Å². The Morgan fingerprint density at radius 1 is 0.613 bits per heavy atom. The van der Waals surface area contributed by atoms with E-state index in [2.05, 4.69) is 0 Å². The molecular weight excluding hydrogens is 424 g/mol. The average molecular weight is 452 g/mol. The Morgan fingerprint density at radius 3 is 1.10 bits per heavy atom. The molecule has 0 aromatic carbocycles. The molecular formula is C18H28O13. The normalized spacial score (nSPS) is 17.8. The number of aliphatic hydroxyl groups is 1. The van der Waals surface area contributed by atoms with Crippen LogP contribution in [0.15, 0.2) is 0 Å². The maximum Gasteiger partial charge on any atom is 0.329 e. The van der Waals surface area contributed by atoms with E-state index in [9.17, 15) is 24.3 Å². The van der Waals surface area contributed by atoms with Crippen molar-refractivity contribution in [2.45, 2.75) is 25.4 Å². The van der Waals surface area contributed by atoms with E-state index in [0.29, 0.717) is 6.42 Å². The molecule has 0 aliphatic heterocycles. The van der Waals surface area contributed by atoms with Gasteiger partial charge in [-0.3, -0.25) is 0 Å². The van der Waals surface area contributed by atoms with Crippen LogP contribution in [0.5, 0.6) is 0 Å². The zero-order valence-corrected chi connectivity index (χ0v) is 16.9. The lowest BCUT2D eigenvalue weighted by Crippen LogP contribution is -2.59. The van der Waals surface area contributed by atoms with Crippen molar-refractivity contribution in [3.8, 4) is 0 Å². The molecule has 0 aromatic rings. The van der Waals surface area contributed by atoms with Crippen molar-refractivity contribution in [1.82, 2.24) is 0 Å². The highest BCUT2D eigenvalue weighted by Crippen LogP contribution is 2.48. The van der Waals surface area contributed by atoms with E-state index in [1.807, 2.05) is 0 Å². The number of carboxylic acid groups (broad SMARTS) is 4. The van der Waals surface area contributed by atoms with Gasteiger partial charge in [0.25, 0.3) is 0 Å². The summed E-state index contributed by atoms with van der Waals surface area (Å²) < 4.78 is 20.8. The molecule has 5 N–H and O–H groups in total. The van der Waals surface area contributed by atoms with Crippen LogP contribution in [-0.4, -0.2) is 108 Å². The second-order valence-corrected chi connectivity index (χ2v) is 7.53. The first kappa shape index (κ1) is 26.7. The van der Waals surface area contributed by atoms with Crippen molar-refractivity contribution >= 4 is 23.9 Å².